The molecule has 2 heterocycles. The summed E-state index contributed by atoms with van der Waals surface area (Å²) in [6.45, 7) is 2.01. The molecule has 54 valence electrons. The Morgan fingerprint density at radius 2 is 2.50 bits per heavy atom. The highest BCUT2D eigenvalue weighted by Gasteiger charge is 2.21. The van der Waals surface area contributed by atoms with Crippen LogP contribution in [0.1, 0.15) is 12.5 Å². The topological polar surface area (TPSA) is 70.4 Å². The number of H-pyrrole nitrogens is 1. The van der Waals surface area contributed by atoms with E-state index in [4.69, 9.17) is 0 Å². The molecular weight excluding hydrogens is 132 g/mol. The molecule has 6 heteroatoms. The predicted octanol–water partition coefficient (Wildman–Crippen LogP) is -1.98. The third-order valence-electron chi connectivity index (χ3n) is 1.71. The number of hydrogen-bond acceptors (Lipinski definition) is 4. The van der Waals surface area contributed by atoms with Gasteiger partial charge in [-0.3, -0.25) is 0 Å². The second-order valence-electron chi connectivity index (χ2n) is 2.37. The molecule has 1 fully saturated rings. The van der Waals surface area contributed by atoms with Gasteiger partial charge in [-0.15, -0.1) is 0 Å². The van der Waals surface area contributed by atoms with Gasteiger partial charge in [-0.25, -0.2) is 0 Å². The molecule has 1 aliphatic heterocycles. The van der Waals surface area contributed by atoms with E-state index in [0.717, 1.165) is 19.5 Å². The van der Waals surface area contributed by atoms with Crippen molar-refractivity contribution in [2.75, 3.05) is 13.1 Å². The van der Waals surface area contributed by atoms with Crippen molar-refractivity contribution in [3.8, 4) is 0 Å². The van der Waals surface area contributed by atoms with Crippen LogP contribution in [0, 0.1) is 0 Å². The second-order valence-corrected chi connectivity index (χ2v) is 2.37. The van der Waals surface area contributed by atoms with E-state index in [9.17, 15) is 0 Å². The lowest BCUT2D eigenvalue weighted by molar-refractivity contribution is -0.825. The van der Waals surface area contributed by atoms with Crippen LogP contribution in [-0.4, -0.2) is 33.9 Å². The summed E-state index contributed by atoms with van der Waals surface area (Å²) in [5.41, 5.74) is 0. The number of aromatic nitrogens is 5. The number of hydrogen-bond donors (Lipinski definition) is 2. The van der Waals surface area contributed by atoms with E-state index in [1.165, 1.54) is 0 Å². The first-order valence-corrected chi connectivity index (χ1v) is 3.33. The molecule has 1 aliphatic rings. The van der Waals surface area contributed by atoms with Crippen molar-refractivity contribution in [1.82, 2.24) is 26.2 Å². The summed E-state index contributed by atoms with van der Waals surface area (Å²) in [4.78, 5) is 1.68. The van der Waals surface area contributed by atoms with Crippen molar-refractivity contribution in [1.29, 1.82) is 0 Å². The molecule has 1 aromatic rings. The SMILES string of the molecule is C1CC([n+]2nnn[nH]2)CN1. The highest BCUT2D eigenvalue weighted by Crippen LogP contribution is 2.03. The lowest BCUT2D eigenvalue weighted by Gasteiger charge is -1.96. The van der Waals surface area contributed by atoms with Crippen molar-refractivity contribution in [3.63, 3.8) is 0 Å². The zero-order valence-corrected chi connectivity index (χ0v) is 5.49. The Morgan fingerprint density at radius 3 is 3.10 bits per heavy atom. The number of nitrogens with one attached hydrogen (secondary N) is 2. The molecule has 0 amide bonds. The number of nitrogens with zero attached hydrogens (tertiary/aromatic N) is 4. The largest absolute Gasteiger partial charge is 0.313 e. The summed E-state index contributed by atoms with van der Waals surface area (Å²) in [5.74, 6) is 0. The fraction of sp³-hybridized carbons (Fsp3) is 1.00. The molecule has 10 heavy (non-hydrogen) atoms. The normalized spacial score (nSPS) is 25.4. The van der Waals surface area contributed by atoms with Gasteiger partial charge >= 0.3 is 0 Å². The van der Waals surface area contributed by atoms with Crippen LogP contribution >= 0.6 is 0 Å². The second kappa shape index (κ2) is 2.30. The lowest BCUT2D eigenvalue weighted by atomic mass is 10.3. The van der Waals surface area contributed by atoms with Gasteiger partial charge in [0, 0.05) is 6.54 Å². The van der Waals surface area contributed by atoms with Crippen LogP contribution in [0.15, 0.2) is 0 Å². The zero-order valence-electron chi connectivity index (χ0n) is 5.49. The smallest absolute Gasteiger partial charge is 0.231 e. The molecular formula is C4H9N6+. The van der Waals surface area contributed by atoms with Gasteiger partial charge in [-0.05, 0) is 13.0 Å². The van der Waals surface area contributed by atoms with Gasteiger partial charge < -0.3 is 5.32 Å². The lowest BCUT2D eigenvalue weighted by Crippen LogP contribution is -2.45. The molecule has 0 saturated carbocycles. The van der Waals surface area contributed by atoms with Gasteiger partial charge in [0.15, 0.2) is 0 Å². The Morgan fingerprint density at radius 1 is 1.50 bits per heavy atom. The summed E-state index contributed by atoms with van der Waals surface area (Å²) >= 11 is 0. The highest BCUT2D eigenvalue weighted by atomic mass is 15.7. The first kappa shape index (κ1) is 5.72. The van der Waals surface area contributed by atoms with Crippen molar-refractivity contribution >= 4 is 0 Å². The van der Waals surface area contributed by atoms with E-state index >= 15 is 0 Å². The molecule has 0 radical (unpaired) electrons. The van der Waals surface area contributed by atoms with Gasteiger partial charge in [0.2, 0.25) is 10.4 Å². The molecule has 0 aromatic carbocycles. The Hall–Kier alpha value is -1.04. The molecule has 6 nitrogen and oxygen atoms in total. The Kier molecular flexibility index (Phi) is 1.31. The summed E-state index contributed by atoms with van der Waals surface area (Å²) in [7, 11) is 0. The van der Waals surface area contributed by atoms with Crippen molar-refractivity contribution in [3.05, 3.63) is 0 Å². The molecule has 0 spiro atoms. The molecule has 1 unspecified atom stereocenters. The van der Waals surface area contributed by atoms with Gasteiger partial charge in [0.05, 0.1) is 0 Å². The molecule has 1 atom stereocenters. The van der Waals surface area contributed by atoms with E-state index < -0.39 is 0 Å². The van der Waals surface area contributed by atoms with Gasteiger partial charge in [0.25, 0.3) is 0 Å². The monoisotopic (exact) mass is 141 g/mol. The Bertz CT molecular complexity index is 188. The first-order valence-electron chi connectivity index (χ1n) is 3.33. The standard InChI is InChI=1S/C4H8N6/c1-2-5-3-4(1)10-8-6-7-9-10/h4-5H,1-3H2/p+1. The Labute approximate surface area is 57.6 Å². The summed E-state index contributed by atoms with van der Waals surface area (Å²) in [6, 6.07) is 0.412. The molecule has 0 aliphatic carbocycles. The van der Waals surface area contributed by atoms with Crippen LogP contribution in [0.4, 0.5) is 0 Å². The highest BCUT2D eigenvalue weighted by molar-refractivity contribution is 4.63. The van der Waals surface area contributed by atoms with Crippen molar-refractivity contribution < 1.29 is 4.80 Å². The molecule has 2 rings (SSSR count). The van der Waals surface area contributed by atoms with E-state index in [1.54, 1.807) is 4.80 Å². The maximum atomic E-state index is 3.76. The average Bonchev–Trinajstić information content (AvgIpc) is 2.59. The van der Waals surface area contributed by atoms with Gasteiger partial charge in [-0.2, -0.15) is 0 Å². The third-order valence-corrected chi connectivity index (χ3v) is 1.71. The summed E-state index contributed by atoms with van der Waals surface area (Å²) < 4.78 is 0. The third kappa shape index (κ3) is 0.860. The maximum Gasteiger partial charge on any atom is 0.231 e. The number of rotatable bonds is 1. The average molecular weight is 141 g/mol. The van der Waals surface area contributed by atoms with Gasteiger partial charge in [0.1, 0.15) is 11.3 Å². The molecule has 2 N–H and O–H groups in total. The maximum absolute atomic E-state index is 3.76. The quantitative estimate of drug-likeness (QED) is 0.445. The van der Waals surface area contributed by atoms with Gasteiger partial charge in [-0.1, -0.05) is 10.0 Å². The van der Waals surface area contributed by atoms with E-state index in [2.05, 4.69) is 26.2 Å². The van der Waals surface area contributed by atoms with Crippen molar-refractivity contribution in [2.24, 2.45) is 0 Å². The predicted molar refractivity (Wildman–Crippen MR) is 30.9 cm³/mol. The minimum absolute atomic E-state index is 0.412. The zero-order chi connectivity index (χ0) is 6.81. The minimum Gasteiger partial charge on any atom is -0.313 e. The van der Waals surface area contributed by atoms with E-state index in [0.29, 0.717) is 6.04 Å². The van der Waals surface area contributed by atoms with E-state index in [-0.39, 0.29) is 0 Å². The van der Waals surface area contributed by atoms with Crippen LogP contribution in [0.25, 0.3) is 0 Å². The van der Waals surface area contributed by atoms with Crippen LogP contribution < -0.4 is 10.1 Å². The van der Waals surface area contributed by atoms with Crippen LogP contribution in [0.3, 0.4) is 0 Å². The van der Waals surface area contributed by atoms with E-state index in [1.807, 2.05) is 0 Å². The first-order chi connectivity index (χ1) is 4.97. The van der Waals surface area contributed by atoms with Crippen LogP contribution in [-0.2, 0) is 0 Å². The fourth-order valence-electron chi connectivity index (χ4n) is 1.15. The molecule has 1 saturated heterocycles. The molecule has 1 aromatic heterocycles. The molecule has 0 bridgehead atoms. The minimum atomic E-state index is 0.412. The summed E-state index contributed by atoms with van der Waals surface area (Å²) in [6.07, 6.45) is 1.10. The van der Waals surface area contributed by atoms with Crippen LogP contribution in [0.5, 0.6) is 0 Å². The van der Waals surface area contributed by atoms with Crippen LogP contribution in [0.2, 0.25) is 0 Å². The Balaban J connectivity index is 2.12. The fourth-order valence-corrected chi connectivity index (χ4v) is 1.15. The van der Waals surface area contributed by atoms with Crippen molar-refractivity contribution in [2.45, 2.75) is 12.5 Å². The summed E-state index contributed by atoms with van der Waals surface area (Å²) in [5, 5.41) is 16.6. The number of aromatic amines is 1.